The Balaban J connectivity index is 1.25. The summed E-state index contributed by atoms with van der Waals surface area (Å²) in [7, 11) is 0. The van der Waals surface area contributed by atoms with E-state index in [9.17, 15) is 24.9 Å². The van der Waals surface area contributed by atoms with Crippen molar-refractivity contribution in [3.63, 3.8) is 0 Å². The molecule has 0 amide bonds. The number of benzene rings is 2. The summed E-state index contributed by atoms with van der Waals surface area (Å²) in [6.45, 7) is 3.42. The SMILES string of the molecule is CC12C=CC(=O)C=C1CCC1C2C(O)CC2(C)C1CC[C@]2(O[C@@H](O)c1ccc(Cc2ccc(CS)cc2)cc1)C(=O)CO. The van der Waals surface area contributed by atoms with Crippen LogP contribution in [0.3, 0.4) is 0 Å². The Morgan fingerprint density at radius 3 is 2.35 bits per heavy atom. The molecular formula is C36H42O6S. The van der Waals surface area contributed by atoms with Gasteiger partial charge in [0.15, 0.2) is 17.9 Å². The number of rotatable bonds is 8. The van der Waals surface area contributed by atoms with Gasteiger partial charge in [0.2, 0.25) is 0 Å². The number of ether oxygens (including phenoxy) is 1. The molecule has 8 atom stereocenters. The minimum Gasteiger partial charge on any atom is -0.393 e. The molecule has 4 aliphatic rings. The van der Waals surface area contributed by atoms with E-state index in [0.717, 1.165) is 30.4 Å². The lowest BCUT2D eigenvalue weighted by Crippen LogP contribution is -2.62. The number of thiol groups is 1. The van der Waals surface area contributed by atoms with E-state index >= 15 is 0 Å². The van der Waals surface area contributed by atoms with E-state index < -0.39 is 41.2 Å². The van der Waals surface area contributed by atoms with Gasteiger partial charge in [0.05, 0.1) is 6.10 Å². The first-order valence-corrected chi connectivity index (χ1v) is 16.1. The van der Waals surface area contributed by atoms with Crippen molar-refractivity contribution in [1.82, 2.24) is 0 Å². The topological polar surface area (TPSA) is 104 Å². The molecule has 6 rings (SSSR count). The predicted octanol–water partition coefficient (Wildman–Crippen LogP) is 5.29. The molecule has 3 saturated carbocycles. The molecule has 6 nitrogen and oxygen atoms in total. The maximum Gasteiger partial charge on any atom is 0.190 e. The molecule has 4 aliphatic carbocycles. The van der Waals surface area contributed by atoms with Gasteiger partial charge >= 0.3 is 0 Å². The second-order valence-corrected chi connectivity index (χ2v) is 13.8. The van der Waals surface area contributed by atoms with E-state index in [2.05, 4.69) is 43.8 Å². The van der Waals surface area contributed by atoms with Crippen LogP contribution in [0.1, 0.15) is 74.5 Å². The number of aliphatic hydroxyl groups excluding tert-OH is 3. The van der Waals surface area contributed by atoms with Gasteiger partial charge in [-0.05, 0) is 79.2 Å². The Morgan fingerprint density at radius 1 is 1.05 bits per heavy atom. The summed E-state index contributed by atoms with van der Waals surface area (Å²) in [6.07, 6.45) is 6.93. The normalized spacial score (nSPS) is 35.5. The fraction of sp³-hybridized carbons (Fsp3) is 0.500. The first-order chi connectivity index (χ1) is 20.5. The number of carbonyl (C=O) groups excluding carboxylic acids is 2. The lowest BCUT2D eigenvalue weighted by molar-refractivity contribution is -0.243. The Morgan fingerprint density at radius 2 is 1.70 bits per heavy atom. The molecule has 0 bridgehead atoms. The van der Waals surface area contributed by atoms with Crippen LogP contribution in [0, 0.1) is 28.6 Å². The lowest BCUT2D eigenvalue weighted by Gasteiger charge is -2.60. The van der Waals surface area contributed by atoms with Crippen LogP contribution in [0.15, 0.2) is 72.3 Å². The second kappa shape index (κ2) is 11.4. The molecule has 0 saturated heterocycles. The molecule has 0 radical (unpaired) electrons. The average Bonchev–Trinajstić information content (AvgIpc) is 3.29. The average molecular weight is 603 g/mol. The first kappa shape index (κ1) is 30.5. The van der Waals surface area contributed by atoms with Crippen molar-refractivity contribution >= 4 is 24.2 Å². The number of carbonyl (C=O) groups is 2. The molecule has 0 heterocycles. The van der Waals surface area contributed by atoms with Crippen LogP contribution < -0.4 is 0 Å². The molecule has 0 aromatic heterocycles. The quantitative estimate of drug-likeness (QED) is 0.242. The highest BCUT2D eigenvalue weighted by Crippen LogP contribution is 2.68. The van der Waals surface area contributed by atoms with Gasteiger partial charge in [0.1, 0.15) is 12.2 Å². The van der Waals surface area contributed by atoms with E-state index in [1.165, 1.54) is 11.1 Å². The van der Waals surface area contributed by atoms with Gasteiger partial charge in [-0.2, -0.15) is 12.6 Å². The maximum absolute atomic E-state index is 13.6. The highest BCUT2D eigenvalue weighted by Gasteiger charge is 2.69. The predicted molar refractivity (Wildman–Crippen MR) is 167 cm³/mol. The van der Waals surface area contributed by atoms with E-state index in [4.69, 9.17) is 4.74 Å². The van der Waals surface area contributed by atoms with Crippen molar-refractivity contribution in [1.29, 1.82) is 0 Å². The zero-order valence-electron chi connectivity index (χ0n) is 24.9. The molecular weight excluding hydrogens is 560 g/mol. The Hall–Kier alpha value is -2.55. The zero-order chi connectivity index (χ0) is 30.6. The summed E-state index contributed by atoms with van der Waals surface area (Å²) in [4.78, 5) is 25.8. The second-order valence-electron chi connectivity index (χ2n) is 13.5. The summed E-state index contributed by atoms with van der Waals surface area (Å²) < 4.78 is 6.43. The summed E-state index contributed by atoms with van der Waals surface area (Å²) in [5.74, 6) is 0.335. The van der Waals surface area contributed by atoms with Crippen LogP contribution >= 0.6 is 12.6 Å². The number of ketones is 2. The van der Waals surface area contributed by atoms with Crippen molar-refractivity contribution in [2.45, 2.75) is 76.1 Å². The summed E-state index contributed by atoms with van der Waals surface area (Å²) in [5.41, 5.74) is 2.42. The molecule has 0 spiro atoms. The highest BCUT2D eigenvalue weighted by atomic mass is 32.1. The largest absolute Gasteiger partial charge is 0.393 e. The molecule has 43 heavy (non-hydrogen) atoms. The summed E-state index contributed by atoms with van der Waals surface area (Å²) >= 11 is 4.32. The maximum atomic E-state index is 13.6. The van der Waals surface area contributed by atoms with Crippen molar-refractivity contribution in [2.24, 2.45) is 28.6 Å². The molecule has 3 N–H and O–H groups in total. The van der Waals surface area contributed by atoms with E-state index in [-0.39, 0.29) is 23.5 Å². The highest BCUT2D eigenvalue weighted by molar-refractivity contribution is 7.79. The molecule has 0 aliphatic heterocycles. The standard InChI is InChI=1S/C36H42O6S/c1-34-15-13-27(38)18-26(34)11-12-28-29-14-16-36(31(40)20-37,35(29,2)19-30(39)32(28)34)42-33(41)25-9-7-23(8-10-25)17-22-3-5-24(21-43)6-4-22/h3-10,13,15,18,28-30,32-33,37,39,41,43H,11-12,14,16-17,19-21H2,1-2H3/t28?,29?,30?,32?,33-,34?,35?,36+/m1/s1. The van der Waals surface area contributed by atoms with Crippen LogP contribution in [-0.2, 0) is 26.5 Å². The number of aliphatic hydroxyl groups is 3. The molecule has 7 heteroatoms. The number of hydrogen-bond acceptors (Lipinski definition) is 7. The van der Waals surface area contributed by atoms with Crippen molar-refractivity contribution in [3.8, 4) is 0 Å². The molecule has 228 valence electrons. The number of Topliss-reactive ketones (excluding diaryl/α,β-unsaturated/α-hetero) is 1. The number of allylic oxidation sites excluding steroid dienone is 4. The molecule has 2 aromatic carbocycles. The first-order valence-electron chi connectivity index (χ1n) is 15.4. The van der Waals surface area contributed by atoms with E-state index in [1.807, 2.05) is 37.3 Å². The third-order valence-electron chi connectivity index (χ3n) is 11.4. The summed E-state index contributed by atoms with van der Waals surface area (Å²) in [5, 5.41) is 33.3. The molecule has 6 unspecified atom stereocenters. The molecule has 3 fully saturated rings. The smallest absolute Gasteiger partial charge is 0.190 e. The Bertz CT molecular complexity index is 1450. The van der Waals surface area contributed by atoms with Crippen molar-refractivity contribution in [2.75, 3.05) is 6.61 Å². The fourth-order valence-corrected chi connectivity index (χ4v) is 9.43. The number of hydrogen-bond donors (Lipinski definition) is 4. The monoisotopic (exact) mass is 602 g/mol. The van der Waals surface area contributed by atoms with E-state index in [0.29, 0.717) is 30.6 Å². The van der Waals surface area contributed by atoms with Gasteiger partial charge in [-0.25, -0.2) is 0 Å². The van der Waals surface area contributed by atoms with Crippen LogP contribution in [0.25, 0.3) is 0 Å². The van der Waals surface area contributed by atoms with Crippen LogP contribution in [-0.4, -0.2) is 45.2 Å². The van der Waals surface area contributed by atoms with E-state index in [1.54, 1.807) is 12.2 Å². The van der Waals surface area contributed by atoms with Crippen LogP contribution in [0.2, 0.25) is 0 Å². The van der Waals surface area contributed by atoms with Crippen molar-refractivity contribution in [3.05, 3.63) is 94.6 Å². The fourth-order valence-electron chi connectivity index (χ4n) is 9.22. The zero-order valence-corrected chi connectivity index (χ0v) is 25.8. The minimum atomic E-state index is -1.43. The Kier molecular flexibility index (Phi) is 8.10. The number of fused-ring (bicyclic) bond motifs is 5. The van der Waals surface area contributed by atoms with Gasteiger partial charge in [-0.3, -0.25) is 9.59 Å². The summed E-state index contributed by atoms with van der Waals surface area (Å²) in [6, 6.07) is 15.9. The van der Waals surface area contributed by atoms with Crippen LogP contribution in [0.4, 0.5) is 0 Å². The molecule has 2 aromatic rings. The minimum absolute atomic E-state index is 0.00666. The third kappa shape index (κ3) is 4.98. The van der Waals surface area contributed by atoms with Gasteiger partial charge in [0, 0.05) is 28.1 Å². The Labute approximate surface area is 259 Å². The van der Waals surface area contributed by atoms with Gasteiger partial charge in [0.25, 0.3) is 0 Å². The van der Waals surface area contributed by atoms with Crippen LogP contribution in [0.5, 0.6) is 0 Å². The van der Waals surface area contributed by atoms with Gasteiger partial charge in [-0.15, -0.1) is 0 Å². The van der Waals surface area contributed by atoms with Gasteiger partial charge in [-0.1, -0.05) is 74.0 Å². The van der Waals surface area contributed by atoms with Gasteiger partial charge < -0.3 is 20.1 Å². The van der Waals surface area contributed by atoms with Crippen molar-refractivity contribution < 1.29 is 29.6 Å². The third-order valence-corrected chi connectivity index (χ3v) is 11.8. The lowest BCUT2D eigenvalue weighted by atomic mass is 9.46.